The van der Waals surface area contributed by atoms with Crippen LogP contribution in [0.1, 0.15) is 101 Å². The van der Waals surface area contributed by atoms with E-state index < -0.39 is 64.8 Å². The smallest absolute Gasteiger partial charge is 0.462 e. The molecular formula is C27H43F3O8. The topological polar surface area (TPSA) is 105 Å². The third-order valence-electron chi connectivity index (χ3n) is 7.50. The van der Waals surface area contributed by atoms with Crippen molar-refractivity contribution in [2.24, 2.45) is 16.2 Å². The molecule has 1 aliphatic rings. The summed E-state index contributed by atoms with van der Waals surface area (Å²) in [5, 5.41) is 0. The number of halogens is 3. The number of hydrogen-bond acceptors (Lipinski definition) is 8. The quantitative estimate of drug-likeness (QED) is 0.265. The molecule has 220 valence electrons. The zero-order chi connectivity index (χ0) is 29.9. The first-order chi connectivity index (χ1) is 16.9. The van der Waals surface area contributed by atoms with Crippen molar-refractivity contribution in [3.63, 3.8) is 0 Å². The van der Waals surface area contributed by atoms with Crippen LogP contribution in [0.3, 0.4) is 0 Å². The molecule has 0 radical (unpaired) electrons. The molecule has 0 bridgehead atoms. The fourth-order valence-corrected chi connectivity index (χ4v) is 4.12. The number of alkyl halides is 3. The molecule has 1 saturated carbocycles. The molecule has 8 nitrogen and oxygen atoms in total. The minimum absolute atomic E-state index is 0.0381. The van der Waals surface area contributed by atoms with Gasteiger partial charge >= 0.3 is 30.1 Å². The lowest BCUT2D eigenvalue weighted by Crippen LogP contribution is -2.47. The molecule has 4 unspecified atom stereocenters. The predicted octanol–water partition coefficient (Wildman–Crippen LogP) is 5.69. The second kappa shape index (κ2) is 11.8. The van der Waals surface area contributed by atoms with Crippen molar-refractivity contribution in [3.8, 4) is 0 Å². The lowest BCUT2D eigenvalue weighted by atomic mass is 9.72. The average molecular weight is 553 g/mol. The Kier molecular flexibility index (Phi) is 10.5. The van der Waals surface area contributed by atoms with Crippen LogP contribution < -0.4 is 0 Å². The average Bonchev–Trinajstić information content (AvgIpc) is 2.70. The van der Waals surface area contributed by atoms with Crippen molar-refractivity contribution in [3.05, 3.63) is 0 Å². The molecule has 1 aliphatic carbocycles. The molecule has 0 aliphatic heterocycles. The molecule has 0 spiro atoms. The molecule has 0 aromatic heterocycles. The van der Waals surface area contributed by atoms with E-state index in [1.54, 1.807) is 27.7 Å². The largest absolute Gasteiger partial charge is 0.490 e. The fraction of sp³-hybridized carbons (Fsp3) is 0.852. The van der Waals surface area contributed by atoms with Crippen LogP contribution in [0.2, 0.25) is 0 Å². The van der Waals surface area contributed by atoms with Crippen LogP contribution in [0.5, 0.6) is 0 Å². The van der Waals surface area contributed by atoms with Gasteiger partial charge in [0, 0.05) is 31.6 Å². The number of carbonyl (C=O) groups excluding carboxylic acids is 4. The summed E-state index contributed by atoms with van der Waals surface area (Å²) in [6.45, 7) is 17.4. The van der Waals surface area contributed by atoms with E-state index >= 15 is 0 Å². The van der Waals surface area contributed by atoms with Crippen LogP contribution in [-0.4, -0.2) is 54.0 Å². The molecule has 0 aromatic rings. The first-order valence-electron chi connectivity index (χ1n) is 12.8. The maximum absolute atomic E-state index is 13.4. The molecule has 0 heterocycles. The van der Waals surface area contributed by atoms with E-state index in [-0.39, 0.29) is 31.1 Å². The first kappa shape index (κ1) is 33.7. The van der Waals surface area contributed by atoms with Crippen molar-refractivity contribution in [1.29, 1.82) is 0 Å². The third-order valence-corrected chi connectivity index (χ3v) is 7.50. The van der Waals surface area contributed by atoms with Crippen LogP contribution in [0.4, 0.5) is 13.2 Å². The monoisotopic (exact) mass is 552 g/mol. The Morgan fingerprint density at radius 3 is 1.50 bits per heavy atom. The van der Waals surface area contributed by atoms with Gasteiger partial charge in [-0.2, -0.15) is 13.2 Å². The number of hydrogen-bond donors (Lipinski definition) is 0. The molecule has 4 atom stereocenters. The van der Waals surface area contributed by atoms with E-state index in [9.17, 15) is 32.3 Å². The molecule has 1 fully saturated rings. The normalized spacial score (nSPS) is 22.6. The van der Waals surface area contributed by atoms with Gasteiger partial charge in [0.2, 0.25) is 0 Å². The summed E-state index contributed by atoms with van der Waals surface area (Å²) in [4.78, 5) is 49.3. The fourth-order valence-electron chi connectivity index (χ4n) is 4.12. The SMILES string of the molecule is CCC(C)(CC(C)(C)C(=O)OC(C)(C)C(C)(C)C)C(=O)OC1CC(OC(C)=O)CC(OC(=O)C(F)(F)F)C1. The number of ether oxygens (including phenoxy) is 4. The van der Waals surface area contributed by atoms with E-state index in [0.717, 1.165) is 6.92 Å². The Morgan fingerprint density at radius 2 is 1.13 bits per heavy atom. The molecule has 0 N–H and O–H groups in total. The van der Waals surface area contributed by atoms with Gasteiger partial charge < -0.3 is 18.9 Å². The van der Waals surface area contributed by atoms with Crippen molar-refractivity contribution < 1.29 is 51.3 Å². The van der Waals surface area contributed by atoms with E-state index in [1.165, 1.54) is 0 Å². The summed E-state index contributed by atoms with van der Waals surface area (Å²) in [5.41, 5.74) is -3.32. The minimum Gasteiger partial charge on any atom is -0.462 e. The van der Waals surface area contributed by atoms with Crippen LogP contribution in [0, 0.1) is 16.2 Å². The van der Waals surface area contributed by atoms with Gasteiger partial charge in [0.05, 0.1) is 10.8 Å². The van der Waals surface area contributed by atoms with Gasteiger partial charge in [0.25, 0.3) is 0 Å². The number of rotatable bonds is 9. The van der Waals surface area contributed by atoms with Gasteiger partial charge in [-0.05, 0) is 47.5 Å². The van der Waals surface area contributed by atoms with Crippen LogP contribution in [0.25, 0.3) is 0 Å². The summed E-state index contributed by atoms with van der Waals surface area (Å²) in [5.74, 6) is -4.17. The zero-order valence-electron chi connectivity index (χ0n) is 24.2. The number of esters is 4. The van der Waals surface area contributed by atoms with Crippen LogP contribution in [-0.2, 0) is 38.1 Å². The summed E-state index contributed by atoms with van der Waals surface area (Å²) in [7, 11) is 0. The first-order valence-corrected chi connectivity index (χ1v) is 12.8. The van der Waals surface area contributed by atoms with Gasteiger partial charge in [-0.15, -0.1) is 0 Å². The highest BCUT2D eigenvalue weighted by molar-refractivity contribution is 5.81. The van der Waals surface area contributed by atoms with E-state index in [1.807, 2.05) is 34.6 Å². The summed E-state index contributed by atoms with van der Waals surface area (Å²) >= 11 is 0. The van der Waals surface area contributed by atoms with E-state index in [4.69, 9.17) is 14.2 Å². The van der Waals surface area contributed by atoms with Gasteiger partial charge in [0.1, 0.15) is 23.9 Å². The van der Waals surface area contributed by atoms with Crippen molar-refractivity contribution >= 4 is 23.9 Å². The molecule has 11 heteroatoms. The second-order valence-corrected chi connectivity index (χ2v) is 12.6. The molecule has 0 saturated heterocycles. The van der Waals surface area contributed by atoms with Crippen molar-refractivity contribution in [1.82, 2.24) is 0 Å². The highest BCUT2D eigenvalue weighted by Crippen LogP contribution is 2.42. The second-order valence-electron chi connectivity index (χ2n) is 12.6. The lowest BCUT2D eigenvalue weighted by Gasteiger charge is -2.42. The van der Waals surface area contributed by atoms with Crippen molar-refractivity contribution in [2.75, 3.05) is 0 Å². The maximum Gasteiger partial charge on any atom is 0.490 e. The molecule has 0 amide bonds. The Morgan fingerprint density at radius 1 is 0.711 bits per heavy atom. The van der Waals surface area contributed by atoms with E-state index in [0.29, 0.717) is 6.42 Å². The van der Waals surface area contributed by atoms with Gasteiger partial charge in [-0.3, -0.25) is 14.4 Å². The summed E-state index contributed by atoms with van der Waals surface area (Å²) in [6.07, 6.45) is -8.23. The predicted molar refractivity (Wildman–Crippen MR) is 132 cm³/mol. The van der Waals surface area contributed by atoms with Crippen molar-refractivity contribution in [2.45, 2.75) is 131 Å². The molecular weight excluding hydrogens is 509 g/mol. The lowest BCUT2D eigenvalue weighted by molar-refractivity contribution is -0.210. The summed E-state index contributed by atoms with van der Waals surface area (Å²) in [6, 6.07) is 0. The third kappa shape index (κ3) is 9.15. The van der Waals surface area contributed by atoms with Crippen LogP contribution in [0.15, 0.2) is 0 Å². The Labute approximate surface area is 223 Å². The highest BCUT2D eigenvalue weighted by Gasteiger charge is 2.48. The summed E-state index contributed by atoms with van der Waals surface area (Å²) < 4.78 is 59.4. The van der Waals surface area contributed by atoms with Gasteiger partial charge in [0.15, 0.2) is 0 Å². The minimum atomic E-state index is -5.19. The molecule has 38 heavy (non-hydrogen) atoms. The Bertz CT molecular complexity index is 888. The maximum atomic E-state index is 13.4. The Hall–Kier alpha value is -2.33. The van der Waals surface area contributed by atoms with Crippen LogP contribution >= 0.6 is 0 Å². The van der Waals surface area contributed by atoms with E-state index in [2.05, 4.69) is 4.74 Å². The molecule has 0 aromatic carbocycles. The van der Waals surface area contributed by atoms with Gasteiger partial charge in [-0.25, -0.2) is 4.79 Å². The highest BCUT2D eigenvalue weighted by atomic mass is 19.4. The standard InChI is InChI=1S/C27H43F3O8/c1-11-26(10,15-24(6,7)20(32)38-25(8,9)23(3,4)5)21(33)36-18-12-17(35-16(2)31)13-19(14-18)37-22(34)27(28,29)30/h17-19H,11-15H2,1-10H3. The Balaban J connectivity index is 3.05. The van der Waals surface area contributed by atoms with Gasteiger partial charge in [-0.1, -0.05) is 27.7 Å². The molecule has 1 rings (SSSR count). The zero-order valence-corrected chi connectivity index (χ0v) is 24.2. The number of carbonyl (C=O) groups is 4.